The van der Waals surface area contributed by atoms with Crippen molar-refractivity contribution in [1.82, 2.24) is 15.4 Å². The van der Waals surface area contributed by atoms with Crippen LogP contribution < -0.4 is 0 Å². The molecule has 1 N–H and O–H groups in total. The first kappa shape index (κ1) is 8.23. The van der Waals surface area contributed by atoms with E-state index in [4.69, 9.17) is 0 Å². The van der Waals surface area contributed by atoms with E-state index in [1.54, 1.807) is 0 Å². The van der Waals surface area contributed by atoms with Crippen molar-refractivity contribution in [2.24, 2.45) is 0 Å². The smallest absolute Gasteiger partial charge is 0.151 e. The second kappa shape index (κ2) is 3.56. The SMILES string of the molecule is Brc1n[nH]nc1C1CCCCC1. The van der Waals surface area contributed by atoms with Crippen molar-refractivity contribution >= 4 is 15.9 Å². The largest absolute Gasteiger partial charge is 0.197 e. The van der Waals surface area contributed by atoms with Crippen LogP contribution in [0.2, 0.25) is 0 Å². The van der Waals surface area contributed by atoms with E-state index in [0.717, 1.165) is 10.3 Å². The van der Waals surface area contributed by atoms with Gasteiger partial charge >= 0.3 is 0 Å². The fourth-order valence-electron chi connectivity index (χ4n) is 1.86. The van der Waals surface area contributed by atoms with Crippen LogP contribution in [-0.2, 0) is 0 Å². The van der Waals surface area contributed by atoms with Crippen LogP contribution in [0.25, 0.3) is 0 Å². The van der Waals surface area contributed by atoms with Gasteiger partial charge in [-0.2, -0.15) is 10.3 Å². The first-order chi connectivity index (χ1) is 5.88. The van der Waals surface area contributed by atoms with Gasteiger partial charge in [0, 0.05) is 5.92 Å². The number of hydrogen-bond acceptors (Lipinski definition) is 2. The third-order valence-electron chi connectivity index (χ3n) is 2.52. The lowest BCUT2D eigenvalue weighted by Crippen LogP contribution is -2.05. The zero-order valence-electron chi connectivity index (χ0n) is 6.89. The highest BCUT2D eigenvalue weighted by atomic mass is 79.9. The molecule has 12 heavy (non-hydrogen) atoms. The Kier molecular flexibility index (Phi) is 2.44. The number of hydrogen-bond donors (Lipinski definition) is 1. The van der Waals surface area contributed by atoms with Gasteiger partial charge in [0.25, 0.3) is 0 Å². The van der Waals surface area contributed by atoms with Crippen molar-refractivity contribution in [3.63, 3.8) is 0 Å². The van der Waals surface area contributed by atoms with Crippen LogP contribution in [-0.4, -0.2) is 15.4 Å². The van der Waals surface area contributed by atoms with E-state index in [1.165, 1.54) is 32.1 Å². The highest BCUT2D eigenvalue weighted by Crippen LogP contribution is 2.33. The van der Waals surface area contributed by atoms with Gasteiger partial charge in [-0.15, -0.1) is 5.10 Å². The van der Waals surface area contributed by atoms with E-state index in [1.807, 2.05) is 0 Å². The number of nitrogens with one attached hydrogen (secondary N) is 1. The number of nitrogens with zero attached hydrogens (tertiary/aromatic N) is 2. The molecule has 0 spiro atoms. The third kappa shape index (κ3) is 1.53. The normalized spacial score (nSPS) is 19.8. The number of aromatic nitrogens is 3. The summed E-state index contributed by atoms with van der Waals surface area (Å²) in [6.07, 6.45) is 6.59. The van der Waals surface area contributed by atoms with Crippen LogP contribution in [0.1, 0.15) is 43.7 Å². The molecule has 1 aliphatic rings. The van der Waals surface area contributed by atoms with Gasteiger partial charge in [-0.3, -0.25) is 0 Å². The molecule has 0 bridgehead atoms. The van der Waals surface area contributed by atoms with E-state index < -0.39 is 0 Å². The monoisotopic (exact) mass is 229 g/mol. The summed E-state index contributed by atoms with van der Waals surface area (Å²) in [6.45, 7) is 0. The molecule has 0 radical (unpaired) electrons. The molecule has 2 rings (SSSR count). The molecule has 1 saturated carbocycles. The summed E-state index contributed by atoms with van der Waals surface area (Å²) in [5, 5.41) is 10.8. The van der Waals surface area contributed by atoms with Crippen LogP contribution >= 0.6 is 15.9 Å². The van der Waals surface area contributed by atoms with Gasteiger partial charge in [-0.05, 0) is 28.8 Å². The second-order valence-corrected chi connectivity index (χ2v) is 4.09. The summed E-state index contributed by atoms with van der Waals surface area (Å²) >= 11 is 3.40. The van der Waals surface area contributed by atoms with Gasteiger partial charge in [-0.1, -0.05) is 19.3 Å². The van der Waals surface area contributed by atoms with Crippen LogP contribution in [0, 0.1) is 0 Å². The Balaban J connectivity index is 2.13. The first-order valence-electron chi connectivity index (χ1n) is 4.44. The van der Waals surface area contributed by atoms with E-state index in [9.17, 15) is 0 Å². The minimum Gasteiger partial charge on any atom is -0.197 e. The Labute approximate surface area is 80.1 Å². The van der Waals surface area contributed by atoms with Crippen molar-refractivity contribution in [3.05, 3.63) is 10.3 Å². The standard InChI is InChI=1S/C8H12BrN3/c9-8-7(10-12-11-8)6-4-2-1-3-5-6/h6H,1-5H2,(H,10,11,12). The molecule has 0 saturated heterocycles. The fraction of sp³-hybridized carbons (Fsp3) is 0.750. The van der Waals surface area contributed by atoms with E-state index in [0.29, 0.717) is 5.92 Å². The summed E-state index contributed by atoms with van der Waals surface area (Å²) in [6, 6.07) is 0. The zero-order valence-corrected chi connectivity index (χ0v) is 8.47. The van der Waals surface area contributed by atoms with Crippen LogP contribution in [0.15, 0.2) is 4.60 Å². The first-order valence-corrected chi connectivity index (χ1v) is 5.23. The molecule has 1 aliphatic carbocycles. The minimum absolute atomic E-state index is 0.631. The quantitative estimate of drug-likeness (QED) is 0.805. The third-order valence-corrected chi connectivity index (χ3v) is 3.11. The highest BCUT2D eigenvalue weighted by Gasteiger charge is 2.20. The molecule has 4 heteroatoms. The molecule has 0 unspecified atom stereocenters. The summed E-state index contributed by atoms with van der Waals surface area (Å²) in [4.78, 5) is 0. The number of halogens is 1. The Bertz CT molecular complexity index is 253. The fourth-order valence-corrected chi connectivity index (χ4v) is 2.35. The molecule has 1 aromatic heterocycles. The molecule has 0 amide bonds. The maximum absolute atomic E-state index is 4.16. The Morgan fingerprint density at radius 1 is 1.17 bits per heavy atom. The van der Waals surface area contributed by atoms with Crippen molar-refractivity contribution in [1.29, 1.82) is 0 Å². The van der Waals surface area contributed by atoms with Gasteiger partial charge in [0.15, 0.2) is 4.60 Å². The molecule has 66 valence electrons. The molecule has 0 aromatic carbocycles. The number of H-pyrrole nitrogens is 1. The minimum atomic E-state index is 0.631. The van der Waals surface area contributed by atoms with Crippen LogP contribution in [0.5, 0.6) is 0 Å². The van der Waals surface area contributed by atoms with Gasteiger partial charge in [0.05, 0.1) is 0 Å². The lowest BCUT2D eigenvalue weighted by atomic mass is 9.87. The molecule has 3 nitrogen and oxygen atoms in total. The van der Waals surface area contributed by atoms with Gasteiger partial charge in [-0.25, -0.2) is 0 Å². The van der Waals surface area contributed by atoms with E-state index in [-0.39, 0.29) is 0 Å². The summed E-state index contributed by atoms with van der Waals surface area (Å²) in [5.41, 5.74) is 1.12. The predicted octanol–water partition coefficient (Wildman–Crippen LogP) is 2.61. The predicted molar refractivity (Wildman–Crippen MR) is 49.9 cm³/mol. The number of aromatic amines is 1. The Morgan fingerprint density at radius 3 is 2.50 bits per heavy atom. The van der Waals surface area contributed by atoms with Gasteiger partial charge < -0.3 is 0 Å². The average Bonchev–Trinajstić information content (AvgIpc) is 2.53. The van der Waals surface area contributed by atoms with Crippen LogP contribution in [0.3, 0.4) is 0 Å². The summed E-state index contributed by atoms with van der Waals surface area (Å²) < 4.78 is 0.898. The molecule has 1 fully saturated rings. The second-order valence-electron chi connectivity index (χ2n) is 3.33. The van der Waals surface area contributed by atoms with Crippen LogP contribution in [0.4, 0.5) is 0 Å². The molecular weight excluding hydrogens is 218 g/mol. The van der Waals surface area contributed by atoms with Gasteiger partial charge in [0.2, 0.25) is 0 Å². The summed E-state index contributed by atoms with van der Waals surface area (Å²) in [7, 11) is 0. The molecule has 0 atom stereocenters. The summed E-state index contributed by atoms with van der Waals surface area (Å²) in [5.74, 6) is 0.631. The van der Waals surface area contributed by atoms with Gasteiger partial charge in [0.1, 0.15) is 5.69 Å². The highest BCUT2D eigenvalue weighted by molar-refractivity contribution is 9.10. The van der Waals surface area contributed by atoms with Crippen molar-refractivity contribution in [2.45, 2.75) is 38.0 Å². The van der Waals surface area contributed by atoms with Crippen molar-refractivity contribution in [2.75, 3.05) is 0 Å². The lowest BCUT2D eigenvalue weighted by Gasteiger charge is -2.19. The van der Waals surface area contributed by atoms with Crippen molar-refractivity contribution < 1.29 is 0 Å². The average molecular weight is 230 g/mol. The van der Waals surface area contributed by atoms with E-state index >= 15 is 0 Å². The Hall–Kier alpha value is -0.380. The molecule has 1 heterocycles. The molecule has 1 aromatic rings. The van der Waals surface area contributed by atoms with Crippen molar-refractivity contribution in [3.8, 4) is 0 Å². The zero-order chi connectivity index (χ0) is 8.39. The van der Waals surface area contributed by atoms with E-state index in [2.05, 4.69) is 31.3 Å². The number of rotatable bonds is 1. The molecular formula is C8H12BrN3. The molecule has 0 aliphatic heterocycles. The Morgan fingerprint density at radius 2 is 1.92 bits per heavy atom. The topological polar surface area (TPSA) is 41.6 Å². The lowest BCUT2D eigenvalue weighted by molar-refractivity contribution is 0.435. The maximum atomic E-state index is 4.16. The maximum Gasteiger partial charge on any atom is 0.151 e.